The van der Waals surface area contributed by atoms with Gasteiger partial charge < -0.3 is 14.7 Å². The fourth-order valence-electron chi connectivity index (χ4n) is 2.72. The highest BCUT2D eigenvalue weighted by atomic mass is 16.5. The number of aliphatic hydroxyl groups is 1. The maximum Gasteiger partial charge on any atom is 0.228 e. The number of hydrogen-bond acceptors (Lipinski definition) is 3. The van der Waals surface area contributed by atoms with Crippen molar-refractivity contribution in [2.24, 2.45) is 5.92 Å². The standard InChI is InChI=1S/C12H21NO3/c1-2-11-10(5-7-16-11)12(15)13-6-3-4-9(14)8-13/h9-11,14H,2-8H2,1H3. The fraction of sp³-hybridized carbons (Fsp3) is 0.917. The molecule has 0 bridgehead atoms. The number of carbonyl (C=O) groups is 1. The van der Waals surface area contributed by atoms with Crippen molar-refractivity contribution in [2.45, 2.75) is 44.8 Å². The molecule has 1 N–H and O–H groups in total. The van der Waals surface area contributed by atoms with E-state index >= 15 is 0 Å². The third-order valence-corrected chi connectivity index (χ3v) is 3.64. The summed E-state index contributed by atoms with van der Waals surface area (Å²) in [5, 5.41) is 9.57. The van der Waals surface area contributed by atoms with Crippen LogP contribution in [0.3, 0.4) is 0 Å². The summed E-state index contributed by atoms with van der Waals surface area (Å²) in [5.74, 6) is 0.207. The van der Waals surface area contributed by atoms with Gasteiger partial charge in [0.25, 0.3) is 0 Å². The highest BCUT2D eigenvalue weighted by molar-refractivity contribution is 5.79. The summed E-state index contributed by atoms with van der Waals surface area (Å²) in [6.45, 7) is 4.06. The monoisotopic (exact) mass is 227 g/mol. The van der Waals surface area contributed by atoms with E-state index in [1.165, 1.54) is 0 Å². The first-order valence-corrected chi connectivity index (χ1v) is 6.30. The molecule has 1 amide bonds. The Kier molecular flexibility index (Phi) is 3.82. The van der Waals surface area contributed by atoms with Crippen molar-refractivity contribution >= 4 is 5.91 Å². The van der Waals surface area contributed by atoms with Crippen molar-refractivity contribution in [3.05, 3.63) is 0 Å². The molecule has 92 valence electrons. The minimum atomic E-state index is -0.333. The number of amides is 1. The van der Waals surface area contributed by atoms with E-state index in [9.17, 15) is 9.90 Å². The van der Waals surface area contributed by atoms with Gasteiger partial charge in [-0.15, -0.1) is 0 Å². The second kappa shape index (κ2) is 5.15. The minimum Gasteiger partial charge on any atom is -0.391 e. The van der Waals surface area contributed by atoms with Gasteiger partial charge in [-0.1, -0.05) is 6.92 Å². The first kappa shape index (κ1) is 11.9. The summed E-state index contributed by atoms with van der Waals surface area (Å²) in [5.41, 5.74) is 0. The van der Waals surface area contributed by atoms with Gasteiger partial charge in [0.15, 0.2) is 0 Å². The molecule has 0 aromatic heterocycles. The Morgan fingerprint density at radius 2 is 2.31 bits per heavy atom. The van der Waals surface area contributed by atoms with Gasteiger partial charge in [-0.2, -0.15) is 0 Å². The molecule has 4 heteroatoms. The van der Waals surface area contributed by atoms with E-state index in [0.717, 1.165) is 32.2 Å². The average Bonchev–Trinajstić information content (AvgIpc) is 2.76. The number of nitrogens with zero attached hydrogens (tertiary/aromatic N) is 1. The van der Waals surface area contributed by atoms with Crippen molar-refractivity contribution in [1.82, 2.24) is 4.90 Å². The molecule has 0 aliphatic carbocycles. The molecule has 2 saturated heterocycles. The SMILES string of the molecule is CCC1OCCC1C(=O)N1CCCC(O)C1. The Morgan fingerprint density at radius 3 is 3.00 bits per heavy atom. The van der Waals surface area contributed by atoms with Gasteiger partial charge in [-0.05, 0) is 25.7 Å². The van der Waals surface area contributed by atoms with Gasteiger partial charge in [0.05, 0.1) is 18.1 Å². The van der Waals surface area contributed by atoms with E-state index in [0.29, 0.717) is 13.2 Å². The van der Waals surface area contributed by atoms with Crippen molar-refractivity contribution in [3.8, 4) is 0 Å². The summed E-state index contributed by atoms with van der Waals surface area (Å²) in [6.07, 6.45) is 3.22. The van der Waals surface area contributed by atoms with Crippen molar-refractivity contribution < 1.29 is 14.6 Å². The number of likely N-dealkylation sites (tertiary alicyclic amines) is 1. The minimum absolute atomic E-state index is 0.0234. The van der Waals surface area contributed by atoms with Crippen molar-refractivity contribution in [2.75, 3.05) is 19.7 Å². The predicted molar refractivity (Wildman–Crippen MR) is 60.0 cm³/mol. The van der Waals surface area contributed by atoms with Gasteiger partial charge in [-0.3, -0.25) is 4.79 Å². The van der Waals surface area contributed by atoms with Crippen LogP contribution >= 0.6 is 0 Å². The van der Waals surface area contributed by atoms with E-state index < -0.39 is 0 Å². The molecule has 2 heterocycles. The number of piperidine rings is 1. The zero-order chi connectivity index (χ0) is 11.5. The molecular weight excluding hydrogens is 206 g/mol. The van der Waals surface area contributed by atoms with Crippen molar-refractivity contribution in [3.63, 3.8) is 0 Å². The third-order valence-electron chi connectivity index (χ3n) is 3.64. The van der Waals surface area contributed by atoms with E-state index in [1.54, 1.807) is 0 Å². The Labute approximate surface area is 96.6 Å². The molecule has 0 saturated carbocycles. The lowest BCUT2D eigenvalue weighted by Crippen LogP contribution is -2.46. The van der Waals surface area contributed by atoms with E-state index in [-0.39, 0.29) is 24.0 Å². The van der Waals surface area contributed by atoms with Crippen molar-refractivity contribution in [1.29, 1.82) is 0 Å². The highest BCUT2D eigenvalue weighted by Crippen LogP contribution is 2.26. The number of carbonyl (C=O) groups excluding carboxylic acids is 1. The van der Waals surface area contributed by atoms with Crippen LogP contribution in [0.1, 0.15) is 32.6 Å². The largest absolute Gasteiger partial charge is 0.391 e. The molecule has 2 aliphatic rings. The summed E-state index contributed by atoms with van der Waals surface area (Å²) in [6, 6.07) is 0. The van der Waals surface area contributed by atoms with E-state index in [2.05, 4.69) is 6.92 Å². The lowest BCUT2D eigenvalue weighted by atomic mass is 9.96. The fourth-order valence-corrected chi connectivity index (χ4v) is 2.72. The molecule has 2 rings (SSSR count). The third kappa shape index (κ3) is 2.38. The van der Waals surface area contributed by atoms with Gasteiger partial charge in [-0.25, -0.2) is 0 Å². The van der Waals surface area contributed by atoms with E-state index in [1.807, 2.05) is 4.90 Å². The Hall–Kier alpha value is -0.610. The van der Waals surface area contributed by atoms with Crippen LogP contribution in [-0.2, 0) is 9.53 Å². The van der Waals surface area contributed by atoms with Crippen LogP contribution in [0.2, 0.25) is 0 Å². The van der Waals surface area contributed by atoms with Crippen LogP contribution in [0.15, 0.2) is 0 Å². The average molecular weight is 227 g/mol. The summed E-state index contributed by atoms with van der Waals surface area (Å²) in [4.78, 5) is 14.1. The smallest absolute Gasteiger partial charge is 0.228 e. The molecule has 3 atom stereocenters. The number of hydrogen-bond donors (Lipinski definition) is 1. The zero-order valence-electron chi connectivity index (χ0n) is 9.89. The van der Waals surface area contributed by atoms with Crippen LogP contribution < -0.4 is 0 Å². The quantitative estimate of drug-likeness (QED) is 0.758. The first-order chi connectivity index (χ1) is 7.72. The summed E-state index contributed by atoms with van der Waals surface area (Å²) < 4.78 is 5.54. The van der Waals surface area contributed by atoms with Crippen LogP contribution in [-0.4, -0.2) is 47.8 Å². The van der Waals surface area contributed by atoms with Crippen LogP contribution in [0.4, 0.5) is 0 Å². The lowest BCUT2D eigenvalue weighted by Gasteiger charge is -2.32. The molecule has 0 radical (unpaired) electrons. The molecule has 3 unspecified atom stereocenters. The highest BCUT2D eigenvalue weighted by Gasteiger charge is 2.36. The second-order valence-electron chi connectivity index (χ2n) is 4.79. The predicted octanol–water partition coefficient (Wildman–Crippen LogP) is 0.785. The van der Waals surface area contributed by atoms with Crippen LogP contribution in [0.25, 0.3) is 0 Å². The molecular formula is C12H21NO3. The summed E-state index contributed by atoms with van der Waals surface area (Å²) in [7, 11) is 0. The van der Waals surface area contributed by atoms with Crippen LogP contribution in [0.5, 0.6) is 0 Å². The first-order valence-electron chi connectivity index (χ1n) is 6.30. The molecule has 2 aliphatic heterocycles. The zero-order valence-corrected chi connectivity index (χ0v) is 9.89. The second-order valence-corrected chi connectivity index (χ2v) is 4.79. The molecule has 0 spiro atoms. The molecule has 0 aromatic rings. The lowest BCUT2D eigenvalue weighted by molar-refractivity contribution is -0.140. The van der Waals surface area contributed by atoms with Gasteiger partial charge in [0, 0.05) is 19.7 Å². The molecule has 0 aromatic carbocycles. The number of rotatable bonds is 2. The normalized spacial score (nSPS) is 35.4. The number of β-amino-alcohol motifs (C(OH)–C–C–N with tert-alkyl or cyclic N) is 1. The number of aliphatic hydroxyl groups excluding tert-OH is 1. The Balaban J connectivity index is 1.95. The van der Waals surface area contributed by atoms with Gasteiger partial charge >= 0.3 is 0 Å². The molecule has 16 heavy (non-hydrogen) atoms. The summed E-state index contributed by atoms with van der Waals surface area (Å²) >= 11 is 0. The maximum atomic E-state index is 12.3. The van der Waals surface area contributed by atoms with Crippen LogP contribution in [0, 0.1) is 5.92 Å². The Morgan fingerprint density at radius 1 is 1.50 bits per heavy atom. The molecule has 2 fully saturated rings. The molecule has 4 nitrogen and oxygen atoms in total. The van der Waals surface area contributed by atoms with E-state index in [4.69, 9.17) is 4.74 Å². The Bertz CT molecular complexity index is 257. The van der Waals surface area contributed by atoms with Gasteiger partial charge in [0.1, 0.15) is 0 Å². The number of ether oxygens (including phenoxy) is 1. The maximum absolute atomic E-state index is 12.3. The van der Waals surface area contributed by atoms with Gasteiger partial charge in [0.2, 0.25) is 5.91 Å². The topological polar surface area (TPSA) is 49.8 Å².